The van der Waals surface area contributed by atoms with Crippen molar-refractivity contribution in [3.05, 3.63) is 35.9 Å². The molecule has 3 aliphatic rings. The fourth-order valence-electron chi connectivity index (χ4n) is 4.19. The second-order valence-corrected chi connectivity index (χ2v) is 7.51. The van der Waals surface area contributed by atoms with Crippen LogP contribution in [0, 0.1) is 5.82 Å². The number of anilines is 2. The predicted octanol–water partition coefficient (Wildman–Crippen LogP) is 1.86. The van der Waals surface area contributed by atoms with Crippen LogP contribution in [0.5, 0.6) is 0 Å². The molecule has 1 atom stereocenters. The maximum atomic E-state index is 14.9. The van der Waals surface area contributed by atoms with E-state index in [9.17, 15) is 9.18 Å². The summed E-state index contributed by atoms with van der Waals surface area (Å²) in [5.74, 6) is -0.857. The highest BCUT2D eigenvalue weighted by atomic mass is 19.1. The van der Waals surface area contributed by atoms with Crippen LogP contribution in [0.1, 0.15) is 18.5 Å². The molecule has 1 aromatic carbocycles. The molecule has 3 saturated heterocycles. The van der Waals surface area contributed by atoms with E-state index < -0.39 is 11.9 Å². The Labute approximate surface area is 166 Å². The van der Waals surface area contributed by atoms with Gasteiger partial charge >= 0.3 is 6.09 Å². The third-order valence-electron chi connectivity index (χ3n) is 5.70. The van der Waals surface area contributed by atoms with Crippen LogP contribution >= 0.6 is 0 Å². The Hall–Kier alpha value is -2.72. The van der Waals surface area contributed by atoms with Crippen molar-refractivity contribution in [1.82, 2.24) is 15.4 Å². The van der Waals surface area contributed by atoms with E-state index in [4.69, 9.17) is 14.2 Å². The summed E-state index contributed by atoms with van der Waals surface area (Å²) in [6, 6.07) is 4.87. The molecule has 0 unspecified atom stereocenters. The van der Waals surface area contributed by atoms with Crippen molar-refractivity contribution in [2.75, 3.05) is 42.6 Å². The number of carbonyl (C=O) groups excluding carboxylic acids is 1. The third-order valence-corrected chi connectivity index (χ3v) is 5.70. The first-order valence-corrected chi connectivity index (χ1v) is 9.77. The first kappa shape index (κ1) is 18.3. The molecule has 5 rings (SSSR count). The van der Waals surface area contributed by atoms with Gasteiger partial charge in [-0.1, -0.05) is 0 Å². The zero-order valence-electron chi connectivity index (χ0n) is 15.8. The van der Waals surface area contributed by atoms with E-state index in [1.807, 2.05) is 4.90 Å². The van der Waals surface area contributed by atoms with Gasteiger partial charge in [-0.3, -0.25) is 4.90 Å². The molecule has 2 aromatic rings. The number of cyclic esters (lactones) is 1. The molecule has 1 amide bonds. The van der Waals surface area contributed by atoms with Gasteiger partial charge in [0.1, 0.15) is 11.9 Å². The topological polar surface area (TPSA) is 92.8 Å². The second kappa shape index (κ2) is 7.27. The lowest BCUT2D eigenvalue weighted by molar-refractivity contribution is -0.169. The van der Waals surface area contributed by atoms with E-state index in [1.165, 1.54) is 11.0 Å². The van der Waals surface area contributed by atoms with Gasteiger partial charge in [0.15, 0.2) is 5.79 Å². The monoisotopic (exact) mass is 403 g/mol. The molecule has 1 N–H and O–H groups in total. The van der Waals surface area contributed by atoms with Gasteiger partial charge in [-0.2, -0.15) is 15.4 Å². The molecule has 0 saturated carbocycles. The van der Waals surface area contributed by atoms with Crippen LogP contribution in [0.4, 0.5) is 20.6 Å². The zero-order chi connectivity index (χ0) is 19.8. The lowest BCUT2D eigenvalue weighted by Gasteiger charge is -2.38. The van der Waals surface area contributed by atoms with Crippen LogP contribution in [0.25, 0.3) is 0 Å². The van der Waals surface area contributed by atoms with Gasteiger partial charge in [0.05, 0.1) is 43.0 Å². The number of nitrogens with one attached hydrogen (secondary N) is 1. The van der Waals surface area contributed by atoms with Crippen molar-refractivity contribution in [3.8, 4) is 0 Å². The van der Waals surface area contributed by atoms with E-state index >= 15 is 0 Å². The van der Waals surface area contributed by atoms with Gasteiger partial charge in [0, 0.05) is 32.4 Å². The highest BCUT2D eigenvalue weighted by Crippen LogP contribution is 2.35. The van der Waals surface area contributed by atoms with Crippen LogP contribution in [-0.4, -0.2) is 66.2 Å². The Morgan fingerprint density at radius 2 is 2.03 bits per heavy atom. The molecule has 0 aliphatic carbocycles. The largest absolute Gasteiger partial charge is 0.444 e. The minimum absolute atomic E-state index is 0.339. The number of nitrogens with zero attached hydrogens (tertiary/aromatic N) is 4. The van der Waals surface area contributed by atoms with Gasteiger partial charge in [-0.05, 0) is 18.2 Å². The average molecular weight is 403 g/mol. The fraction of sp³-hybridized carbons (Fsp3) is 0.526. The summed E-state index contributed by atoms with van der Waals surface area (Å²) in [7, 11) is 0. The van der Waals surface area contributed by atoms with Gasteiger partial charge in [-0.25, -0.2) is 9.18 Å². The summed E-state index contributed by atoms with van der Waals surface area (Å²) in [5.41, 5.74) is 1.72. The normalized spacial score (nSPS) is 23.8. The predicted molar refractivity (Wildman–Crippen MR) is 100 cm³/mol. The molecule has 10 heteroatoms. The van der Waals surface area contributed by atoms with Gasteiger partial charge in [0.2, 0.25) is 0 Å². The van der Waals surface area contributed by atoms with Crippen molar-refractivity contribution >= 4 is 17.5 Å². The van der Waals surface area contributed by atoms with Crippen LogP contribution in [-0.2, 0) is 20.6 Å². The molecule has 0 bridgehead atoms. The molecule has 3 fully saturated rings. The zero-order valence-corrected chi connectivity index (χ0v) is 15.8. The number of H-pyrrole nitrogens is 1. The summed E-state index contributed by atoms with van der Waals surface area (Å²) in [6.45, 7) is 2.88. The number of ether oxygens (including phenoxy) is 3. The maximum absolute atomic E-state index is 14.9. The average Bonchev–Trinajstić information content (AvgIpc) is 3.46. The van der Waals surface area contributed by atoms with Gasteiger partial charge < -0.3 is 19.1 Å². The molecule has 1 aromatic heterocycles. The summed E-state index contributed by atoms with van der Waals surface area (Å²) in [4.78, 5) is 15.7. The molecular formula is C19H22FN5O4. The molecule has 29 heavy (non-hydrogen) atoms. The van der Waals surface area contributed by atoms with E-state index in [0.717, 1.165) is 0 Å². The van der Waals surface area contributed by atoms with E-state index in [2.05, 4.69) is 15.4 Å². The number of rotatable bonds is 4. The van der Waals surface area contributed by atoms with E-state index in [1.54, 1.807) is 18.3 Å². The van der Waals surface area contributed by atoms with Crippen LogP contribution < -0.4 is 9.80 Å². The summed E-state index contributed by atoms with van der Waals surface area (Å²) in [6.07, 6.45) is 2.63. The molecular weight excluding hydrogens is 381 g/mol. The van der Waals surface area contributed by atoms with Crippen molar-refractivity contribution in [1.29, 1.82) is 0 Å². The minimum atomic E-state index is -0.495. The van der Waals surface area contributed by atoms with Crippen molar-refractivity contribution in [3.63, 3.8) is 0 Å². The minimum Gasteiger partial charge on any atom is -0.444 e. The quantitative estimate of drug-likeness (QED) is 0.833. The summed E-state index contributed by atoms with van der Waals surface area (Å²) >= 11 is 0. The van der Waals surface area contributed by atoms with Gasteiger partial charge in [0.25, 0.3) is 0 Å². The molecule has 154 valence electrons. The van der Waals surface area contributed by atoms with Crippen LogP contribution in [0.3, 0.4) is 0 Å². The van der Waals surface area contributed by atoms with Crippen molar-refractivity contribution in [2.45, 2.75) is 31.2 Å². The number of hydrogen-bond donors (Lipinski definition) is 1. The lowest BCUT2D eigenvalue weighted by Crippen LogP contribution is -2.45. The standard InChI is InChI=1S/C19H22FN5O4/c20-16-10-14(25-12-15(29-18(25)26)9-13-11-21-23-22-13)1-2-17(16)24-5-3-19(4-6-24)27-7-8-28-19/h1-2,10-11,15H,3-9,12H2,(H,21,22,23)/t15-/m1/s1. The second-order valence-electron chi connectivity index (χ2n) is 7.51. The number of carbonyl (C=O) groups is 1. The number of piperidine rings is 1. The number of benzene rings is 1. The van der Waals surface area contributed by atoms with E-state index in [-0.39, 0.29) is 11.9 Å². The number of aromatic nitrogens is 3. The number of amides is 1. The molecule has 4 heterocycles. The van der Waals surface area contributed by atoms with Crippen LogP contribution in [0.2, 0.25) is 0 Å². The highest BCUT2D eigenvalue weighted by molar-refractivity contribution is 5.90. The number of aromatic amines is 1. The summed E-state index contributed by atoms with van der Waals surface area (Å²) in [5, 5.41) is 10.3. The first-order valence-electron chi connectivity index (χ1n) is 9.77. The van der Waals surface area contributed by atoms with Crippen LogP contribution in [0.15, 0.2) is 24.4 Å². The lowest BCUT2D eigenvalue weighted by atomic mass is 10.0. The Morgan fingerprint density at radius 3 is 2.72 bits per heavy atom. The van der Waals surface area contributed by atoms with Gasteiger partial charge in [-0.15, -0.1) is 0 Å². The van der Waals surface area contributed by atoms with E-state index in [0.29, 0.717) is 69.2 Å². The molecule has 9 nitrogen and oxygen atoms in total. The summed E-state index contributed by atoms with van der Waals surface area (Å²) < 4.78 is 31.7. The maximum Gasteiger partial charge on any atom is 0.414 e. The Morgan fingerprint density at radius 1 is 1.24 bits per heavy atom. The highest BCUT2D eigenvalue weighted by Gasteiger charge is 2.40. The Bertz CT molecular complexity index is 877. The fourth-order valence-corrected chi connectivity index (χ4v) is 4.19. The third kappa shape index (κ3) is 3.53. The number of halogens is 1. The first-order chi connectivity index (χ1) is 14.1. The smallest absolute Gasteiger partial charge is 0.414 e. The molecule has 0 radical (unpaired) electrons. The number of hydrogen-bond acceptors (Lipinski definition) is 7. The molecule has 3 aliphatic heterocycles. The SMILES string of the molecule is O=C1O[C@H](Cc2cn[nH]n2)CN1c1ccc(N2CCC3(CC2)OCCO3)c(F)c1. The molecule has 1 spiro atoms. The van der Waals surface area contributed by atoms with Crippen molar-refractivity contribution in [2.24, 2.45) is 0 Å². The Kier molecular flexibility index (Phi) is 4.59. The Balaban J connectivity index is 1.25. The van der Waals surface area contributed by atoms with Crippen molar-refractivity contribution < 1.29 is 23.4 Å².